The maximum atomic E-state index is 11.7. The Hall–Kier alpha value is -2.31. The molecule has 0 aliphatic rings. The summed E-state index contributed by atoms with van der Waals surface area (Å²) in [6, 6.07) is 0. The molecular weight excluding hydrogens is 286 g/mol. The monoisotopic (exact) mass is 309 g/mol. The Labute approximate surface area is 130 Å². The summed E-state index contributed by atoms with van der Waals surface area (Å²) in [5.74, 6) is 0.305. The van der Waals surface area contributed by atoms with Crippen LogP contribution in [0.3, 0.4) is 0 Å². The van der Waals surface area contributed by atoms with Gasteiger partial charge < -0.3 is 19.4 Å². The third-order valence-electron chi connectivity index (χ3n) is 2.74. The fourth-order valence-corrected chi connectivity index (χ4v) is 1.76. The first-order valence-corrected chi connectivity index (χ1v) is 6.97. The fraction of sp³-hybridized carbons (Fsp3) is 0.533. The third-order valence-corrected chi connectivity index (χ3v) is 2.74. The summed E-state index contributed by atoms with van der Waals surface area (Å²) in [6.45, 7) is 9.68. The molecule has 0 spiro atoms. The average molecular weight is 309 g/mol. The summed E-state index contributed by atoms with van der Waals surface area (Å²) in [7, 11) is 1.34. The van der Waals surface area contributed by atoms with Crippen molar-refractivity contribution in [3.8, 4) is 0 Å². The zero-order valence-corrected chi connectivity index (χ0v) is 13.5. The molecule has 1 aromatic heterocycles. The molecule has 0 saturated heterocycles. The second-order valence-electron chi connectivity index (χ2n) is 5.64. The van der Waals surface area contributed by atoms with Gasteiger partial charge in [-0.3, -0.25) is 4.79 Å². The number of esters is 1. The molecule has 0 bridgehead atoms. The molecule has 1 N–H and O–H groups in total. The molecule has 0 saturated carbocycles. The van der Waals surface area contributed by atoms with Crippen LogP contribution in [0.5, 0.6) is 0 Å². The highest BCUT2D eigenvalue weighted by molar-refractivity contribution is 5.69. The second kappa shape index (κ2) is 7.63. The van der Waals surface area contributed by atoms with Crippen LogP contribution in [0.4, 0.5) is 4.79 Å². The third kappa shape index (κ3) is 5.59. The normalized spacial score (nSPS) is 10.9. The van der Waals surface area contributed by atoms with Gasteiger partial charge >= 0.3 is 12.1 Å². The van der Waals surface area contributed by atoms with E-state index in [1.807, 2.05) is 0 Å². The first kappa shape index (κ1) is 17.7. The number of imidazole rings is 1. The van der Waals surface area contributed by atoms with Crippen LogP contribution < -0.4 is 5.32 Å². The lowest BCUT2D eigenvalue weighted by atomic mass is 10.2. The molecule has 1 aromatic rings. The number of aromatic nitrogens is 2. The number of carbonyl (C=O) groups is 2. The van der Waals surface area contributed by atoms with Crippen molar-refractivity contribution in [3.05, 3.63) is 24.3 Å². The second-order valence-corrected chi connectivity index (χ2v) is 5.64. The van der Waals surface area contributed by atoms with E-state index in [4.69, 9.17) is 4.74 Å². The molecule has 122 valence electrons. The van der Waals surface area contributed by atoms with Gasteiger partial charge in [-0.25, -0.2) is 9.78 Å². The van der Waals surface area contributed by atoms with Gasteiger partial charge in [0.15, 0.2) is 0 Å². The van der Waals surface area contributed by atoms with Crippen molar-refractivity contribution in [1.29, 1.82) is 0 Å². The van der Waals surface area contributed by atoms with Crippen molar-refractivity contribution in [2.24, 2.45) is 0 Å². The lowest BCUT2D eigenvalue weighted by Gasteiger charge is -2.19. The van der Waals surface area contributed by atoms with Crippen molar-refractivity contribution in [2.75, 3.05) is 7.11 Å². The number of methoxy groups -OCH3 is 1. The Morgan fingerprint density at radius 1 is 1.45 bits per heavy atom. The molecule has 0 unspecified atom stereocenters. The summed E-state index contributed by atoms with van der Waals surface area (Å²) in [5, 5.41) is 2.64. The van der Waals surface area contributed by atoms with Gasteiger partial charge in [0.1, 0.15) is 11.4 Å². The van der Waals surface area contributed by atoms with E-state index in [1.165, 1.54) is 7.11 Å². The van der Waals surface area contributed by atoms with E-state index in [2.05, 4.69) is 21.6 Å². The van der Waals surface area contributed by atoms with Crippen LogP contribution in [0.25, 0.3) is 6.08 Å². The minimum atomic E-state index is -0.559. The molecule has 0 fully saturated rings. The Morgan fingerprint density at radius 3 is 2.68 bits per heavy atom. The first-order valence-electron chi connectivity index (χ1n) is 6.97. The van der Waals surface area contributed by atoms with Crippen molar-refractivity contribution >= 4 is 18.1 Å². The summed E-state index contributed by atoms with van der Waals surface area (Å²) < 4.78 is 11.6. The zero-order chi connectivity index (χ0) is 16.8. The standard InChI is InChI=1S/C15H23N3O4/c1-6-11-9-16-12(18(11)8-7-13(19)21-5)10-17-14(20)22-15(2,3)4/h6,9H,1,7-8,10H2,2-5H3,(H,17,20). The molecule has 0 aliphatic carbocycles. The van der Waals surface area contributed by atoms with Gasteiger partial charge in [-0.2, -0.15) is 0 Å². The Balaban J connectivity index is 2.70. The van der Waals surface area contributed by atoms with Crippen molar-refractivity contribution in [3.63, 3.8) is 0 Å². The lowest BCUT2D eigenvalue weighted by Crippen LogP contribution is -2.32. The van der Waals surface area contributed by atoms with E-state index < -0.39 is 11.7 Å². The number of rotatable bonds is 6. The molecule has 7 nitrogen and oxygen atoms in total. The van der Waals surface area contributed by atoms with Crippen LogP contribution >= 0.6 is 0 Å². The molecule has 0 atom stereocenters. The van der Waals surface area contributed by atoms with Gasteiger partial charge in [-0.15, -0.1) is 0 Å². The van der Waals surface area contributed by atoms with E-state index in [9.17, 15) is 9.59 Å². The van der Waals surface area contributed by atoms with E-state index in [0.717, 1.165) is 5.69 Å². The number of amides is 1. The van der Waals surface area contributed by atoms with Gasteiger partial charge in [-0.05, 0) is 26.8 Å². The molecule has 0 aliphatic heterocycles. The van der Waals surface area contributed by atoms with Crippen LogP contribution in [0.15, 0.2) is 12.8 Å². The lowest BCUT2D eigenvalue weighted by molar-refractivity contribution is -0.140. The smallest absolute Gasteiger partial charge is 0.408 e. The molecule has 22 heavy (non-hydrogen) atoms. The summed E-state index contributed by atoms with van der Waals surface area (Å²) in [5.41, 5.74) is 0.210. The molecule has 0 radical (unpaired) electrons. The number of alkyl carbamates (subject to hydrolysis) is 1. The topological polar surface area (TPSA) is 82.5 Å². The predicted molar refractivity (Wildman–Crippen MR) is 82.0 cm³/mol. The molecule has 1 rings (SSSR count). The van der Waals surface area contributed by atoms with Crippen molar-refractivity contribution < 1.29 is 19.1 Å². The summed E-state index contributed by atoms with van der Waals surface area (Å²) in [4.78, 5) is 27.2. The van der Waals surface area contributed by atoms with E-state index in [0.29, 0.717) is 12.4 Å². The number of ether oxygens (including phenoxy) is 2. The molecule has 0 aromatic carbocycles. The molecule has 7 heteroatoms. The highest BCUT2D eigenvalue weighted by Gasteiger charge is 2.17. The minimum absolute atomic E-state index is 0.198. The van der Waals surface area contributed by atoms with E-state index in [-0.39, 0.29) is 18.9 Å². The Morgan fingerprint density at radius 2 is 2.14 bits per heavy atom. The number of hydrogen-bond donors (Lipinski definition) is 1. The van der Waals surface area contributed by atoms with Gasteiger partial charge in [-0.1, -0.05) is 6.58 Å². The van der Waals surface area contributed by atoms with Crippen LogP contribution in [0.2, 0.25) is 0 Å². The van der Waals surface area contributed by atoms with Gasteiger partial charge in [0.2, 0.25) is 0 Å². The number of nitrogens with one attached hydrogen (secondary N) is 1. The van der Waals surface area contributed by atoms with E-state index in [1.54, 1.807) is 37.6 Å². The van der Waals surface area contributed by atoms with Gasteiger partial charge in [0.05, 0.1) is 32.0 Å². The number of nitrogens with zero attached hydrogens (tertiary/aromatic N) is 2. The van der Waals surface area contributed by atoms with Crippen LogP contribution in [0.1, 0.15) is 38.7 Å². The van der Waals surface area contributed by atoms with Gasteiger partial charge in [0.25, 0.3) is 0 Å². The first-order chi connectivity index (χ1) is 10.3. The maximum absolute atomic E-state index is 11.7. The van der Waals surface area contributed by atoms with Gasteiger partial charge in [0, 0.05) is 6.54 Å². The number of carbonyl (C=O) groups excluding carboxylic acids is 2. The quantitative estimate of drug-likeness (QED) is 0.814. The SMILES string of the molecule is C=Cc1cnc(CNC(=O)OC(C)(C)C)n1CCC(=O)OC. The Kier molecular flexibility index (Phi) is 6.15. The molecular formula is C15H23N3O4. The average Bonchev–Trinajstić information content (AvgIpc) is 2.82. The van der Waals surface area contributed by atoms with Crippen molar-refractivity contribution in [1.82, 2.24) is 14.9 Å². The number of hydrogen-bond acceptors (Lipinski definition) is 5. The Bertz CT molecular complexity index is 543. The molecule has 1 amide bonds. The minimum Gasteiger partial charge on any atom is -0.469 e. The van der Waals surface area contributed by atoms with E-state index >= 15 is 0 Å². The maximum Gasteiger partial charge on any atom is 0.408 e. The summed E-state index contributed by atoms with van der Waals surface area (Å²) >= 11 is 0. The van der Waals surface area contributed by atoms with Crippen LogP contribution in [-0.4, -0.2) is 34.3 Å². The highest BCUT2D eigenvalue weighted by atomic mass is 16.6. The summed E-state index contributed by atoms with van der Waals surface area (Å²) in [6.07, 6.45) is 2.97. The van der Waals surface area contributed by atoms with Crippen LogP contribution in [-0.2, 0) is 27.4 Å². The highest BCUT2D eigenvalue weighted by Crippen LogP contribution is 2.10. The fourth-order valence-electron chi connectivity index (χ4n) is 1.76. The zero-order valence-electron chi connectivity index (χ0n) is 13.5. The largest absolute Gasteiger partial charge is 0.469 e. The van der Waals surface area contributed by atoms with Crippen LogP contribution in [0, 0.1) is 0 Å². The predicted octanol–water partition coefficient (Wildman–Crippen LogP) is 2.11. The molecule has 1 heterocycles. The van der Waals surface area contributed by atoms with Crippen molar-refractivity contribution in [2.45, 2.75) is 45.9 Å².